The molecule has 0 spiro atoms. The van der Waals surface area contributed by atoms with E-state index in [9.17, 15) is 4.79 Å². The zero-order chi connectivity index (χ0) is 12.0. The summed E-state index contributed by atoms with van der Waals surface area (Å²) in [6.45, 7) is 4.48. The van der Waals surface area contributed by atoms with E-state index in [4.69, 9.17) is 0 Å². The lowest BCUT2D eigenvalue weighted by atomic mass is 9.47. The topological polar surface area (TPSA) is 17.1 Å². The molecule has 0 aliphatic heterocycles. The van der Waals surface area contributed by atoms with E-state index in [1.807, 2.05) is 18.2 Å². The number of hydrogen-bond donors (Lipinski definition) is 0. The van der Waals surface area contributed by atoms with Crippen LogP contribution in [0.15, 0.2) is 35.9 Å². The number of fused-ring (bicyclic) bond motifs is 2. The van der Waals surface area contributed by atoms with E-state index in [0.29, 0.717) is 11.7 Å². The molecule has 1 aromatic carbocycles. The molecular weight excluding hydrogens is 208 g/mol. The second kappa shape index (κ2) is 3.56. The average molecular weight is 226 g/mol. The van der Waals surface area contributed by atoms with Crippen molar-refractivity contribution < 1.29 is 4.79 Å². The van der Waals surface area contributed by atoms with Gasteiger partial charge in [-0.2, -0.15) is 0 Å². The van der Waals surface area contributed by atoms with Gasteiger partial charge in [-0.25, -0.2) is 0 Å². The van der Waals surface area contributed by atoms with E-state index in [1.54, 1.807) is 0 Å². The summed E-state index contributed by atoms with van der Waals surface area (Å²) in [5, 5.41) is 0. The predicted molar refractivity (Wildman–Crippen MR) is 69.4 cm³/mol. The van der Waals surface area contributed by atoms with E-state index >= 15 is 0 Å². The standard InChI is InChI=1S/C16H18O/c1-16(2)13-9-12(15(17)14(16)10-13)8-11-6-4-3-5-7-11/h3-8,13-14H,9-10H2,1-2H3/b12-8+. The summed E-state index contributed by atoms with van der Waals surface area (Å²) in [4.78, 5) is 12.3. The third-order valence-corrected chi connectivity index (χ3v) is 4.71. The van der Waals surface area contributed by atoms with Gasteiger partial charge in [0, 0.05) is 5.92 Å². The molecule has 2 bridgehead atoms. The normalized spacial score (nSPS) is 32.4. The molecule has 2 atom stereocenters. The fourth-order valence-electron chi connectivity index (χ4n) is 3.28. The first-order valence-corrected chi connectivity index (χ1v) is 6.39. The van der Waals surface area contributed by atoms with Crippen LogP contribution in [0.2, 0.25) is 0 Å². The van der Waals surface area contributed by atoms with Crippen LogP contribution in [0, 0.1) is 17.3 Å². The Labute approximate surface area is 103 Å². The van der Waals surface area contributed by atoms with Gasteiger partial charge in [0.1, 0.15) is 0 Å². The SMILES string of the molecule is CC1(C)C2C/C(=C\c3ccccc3)C(=O)C1C2. The van der Waals surface area contributed by atoms with Crippen LogP contribution in [0.1, 0.15) is 32.3 Å². The lowest BCUT2D eigenvalue weighted by molar-refractivity contribution is -0.140. The molecule has 3 aliphatic rings. The number of ketones is 1. The molecule has 0 heterocycles. The van der Waals surface area contributed by atoms with Crippen LogP contribution in [0.4, 0.5) is 0 Å². The summed E-state index contributed by atoms with van der Waals surface area (Å²) < 4.78 is 0. The molecule has 0 aromatic heterocycles. The minimum atomic E-state index is 0.241. The fourth-order valence-corrected chi connectivity index (χ4v) is 3.28. The second-order valence-corrected chi connectivity index (χ2v) is 5.96. The molecule has 4 rings (SSSR count). The van der Waals surface area contributed by atoms with Gasteiger partial charge >= 0.3 is 0 Å². The fraction of sp³-hybridized carbons (Fsp3) is 0.438. The van der Waals surface area contributed by atoms with Crippen molar-refractivity contribution >= 4 is 11.9 Å². The lowest BCUT2D eigenvalue weighted by Crippen LogP contribution is -2.53. The molecule has 88 valence electrons. The second-order valence-electron chi connectivity index (χ2n) is 5.96. The van der Waals surface area contributed by atoms with Gasteiger partial charge in [0.2, 0.25) is 0 Å². The smallest absolute Gasteiger partial charge is 0.162 e. The van der Waals surface area contributed by atoms with E-state index in [1.165, 1.54) is 0 Å². The summed E-state index contributed by atoms with van der Waals surface area (Å²) >= 11 is 0. The van der Waals surface area contributed by atoms with Crippen molar-refractivity contribution in [2.75, 3.05) is 0 Å². The Morgan fingerprint density at radius 3 is 2.53 bits per heavy atom. The van der Waals surface area contributed by atoms with Crippen LogP contribution < -0.4 is 0 Å². The molecule has 2 unspecified atom stereocenters. The molecule has 1 aromatic rings. The Morgan fingerprint density at radius 2 is 1.94 bits per heavy atom. The number of Topliss-reactive ketones (excluding diaryl/α,β-unsaturated/α-hetero) is 1. The number of rotatable bonds is 1. The minimum Gasteiger partial charge on any atom is -0.294 e. The van der Waals surface area contributed by atoms with Gasteiger partial charge in [0.25, 0.3) is 0 Å². The maximum atomic E-state index is 12.3. The van der Waals surface area contributed by atoms with Crippen molar-refractivity contribution in [1.82, 2.24) is 0 Å². The first-order valence-electron chi connectivity index (χ1n) is 6.39. The van der Waals surface area contributed by atoms with Crippen molar-refractivity contribution in [3.05, 3.63) is 41.5 Å². The maximum absolute atomic E-state index is 12.3. The molecule has 17 heavy (non-hydrogen) atoms. The predicted octanol–water partition coefficient (Wildman–Crippen LogP) is 3.71. The third kappa shape index (κ3) is 1.56. The van der Waals surface area contributed by atoms with Crippen LogP contribution >= 0.6 is 0 Å². The average Bonchev–Trinajstić information content (AvgIpc) is 2.32. The van der Waals surface area contributed by atoms with Crippen LogP contribution in [-0.2, 0) is 4.79 Å². The van der Waals surface area contributed by atoms with Gasteiger partial charge in [0.15, 0.2) is 5.78 Å². The van der Waals surface area contributed by atoms with Gasteiger partial charge in [-0.05, 0) is 41.4 Å². The highest BCUT2D eigenvalue weighted by Crippen LogP contribution is 2.59. The van der Waals surface area contributed by atoms with Crippen molar-refractivity contribution in [3.63, 3.8) is 0 Å². The first-order chi connectivity index (χ1) is 8.09. The molecule has 0 N–H and O–H groups in total. The number of hydrogen-bond acceptors (Lipinski definition) is 1. The van der Waals surface area contributed by atoms with Crippen molar-refractivity contribution in [2.45, 2.75) is 26.7 Å². The van der Waals surface area contributed by atoms with Crippen molar-refractivity contribution in [2.24, 2.45) is 17.3 Å². The highest BCUT2D eigenvalue weighted by atomic mass is 16.1. The van der Waals surface area contributed by atoms with Crippen LogP contribution in [0.25, 0.3) is 6.08 Å². The first kappa shape index (κ1) is 10.8. The Kier molecular flexibility index (Phi) is 2.25. The van der Waals surface area contributed by atoms with Crippen molar-refractivity contribution in [1.29, 1.82) is 0 Å². The van der Waals surface area contributed by atoms with Gasteiger partial charge < -0.3 is 0 Å². The Balaban J connectivity index is 1.89. The number of carbonyl (C=O) groups is 1. The third-order valence-electron chi connectivity index (χ3n) is 4.71. The van der Waals surface area contributed by atoms with Gasteiger partial charge in [0.05, 0.1) is 0 Å². The van der Waals surface area contributed by atoms with E-state index in [-0.39, 0.29) is 11.3 Å². The molecule has 3 fully saturated rings. The van der Waals surface area contributed by atoms with Gasteiger partial charge in [-0.1, -0.05) is 44.2 Å². The molecule has 0 saturated heterocycles. The molecule has 1 heteroatoms. The molecule has 3 aliphatic carbocycles. The van der Waals surface area contributed by atoms with E-state index < -0.39 is 0 Å². The Bertz CT molecular complexity index is 482. The minimum absolute atomic E-state index is 0.241. The van der Waals surface area contributed by atoms with Crippen LogP contribution in [-0.4, -0.2) is 5.78 Å². The molecular formula is C16H18O. The van der Waals surface area contributed by atoms with Crippen molar-refractivity contribution in [3.8, 4) is 0 Å². The Hall–Kier alpha value is -1.37. The molecule has 0 radical (unpaired) electrons. The molecule has 0 amide bonds. The van der Waals surface area contributed by atoms with E-state index in [0.717, 1.165) is 24.0 Å². The quantitative estimate of drug-likeness (QED) is 0.667. The number of benzene rings is 1. The number of allylic oxidation sites excluding steroid dienone is 1. The summed E-state index contributed by atoms with van der Waals surface area (Å²) in [6, 6.07) is 10.2. The maximum Gasteiger partial charge on any atom is 0.162 e. The van der Waals surface area contributed by atoms with Crippen LogP contribution in [0.5, 0.6) is 0 Å². The summed E-state index contributed by atoms with van der Waals surface area (Å²) in [6.07, 6.45) is 4.16. The monoisotopic (exact) mass is 226 g/mol. The lowest BCUT2D eigenvalue weighted by Gasteiger charge is -2.56. The van der Waals surface area contributed by atoms with Gasteiger partial charge in [-0.3, -0.25) is 4.79 Å². The highest BCUT2D eigenvalue weighted by Gasteiger charge is 2.55. The highest BCUT2D eigenvalue weighted by molar-refractivity contribution is 6.03. The Morgan fingerprint density at radius 1 is 1.24 bits per heavy atom. The number of carbonyl (C=O) groups excluding carboxylic acids is 1. The summed E-state index contributed by atoms with van der Waals surface area (Å²) in [7, 11) is 0. The van der Waals surface area contributed by atoms with Crippen LogP contribution in [0.3, 0.4) is 0 Å². The molecule has 1 nitrogen and oxygen atoms in total. The molecule has 3 saturated carbocycles. The largest absolute Gasteiger partial charge is 0.294 e. The van der Waals surface area contributed by atoms with E-state index in [2.05, 4.69) is 32.1 Å². The summed E-state index contributed by atoms with van der Waals surface area (Å²) in [5.74, 6) is 1.37. The zero-order valence-corrected chi connectivity index (χ0v) is 10.4. The summed E-state index contributed by atoms with van der Waals surface area (Å²) in [5.41, 5.74) is 2.43. The van der Waals surface area contributed by atoms with Gasteiger partial charge in [-0.15, -0.1) is 0 Å². The zero-order valence-electron chi connectivity index (χ0n) is 10.4.